The molecule has 0 saturated carbocycles. The van der Waals surface area contributed by atoms with E-state index in [1.165, 1.54) is 6.42 Å². The Hall–Kier alpha value is -0.730. The minimum absolute atomic E-state index is 0. The molecule has 2 saturated heterocycles. The number of ether oxygens (including phenoxy) is 2. The average Bonchev–Trinajstić information content (AvgIpc) is 3.23. The van der Waals surface area contributed by atoms with E-state index in [-0.39, 0.29) is 30.1 Å². The van der Waals surface area contributed by atoms with E-state index in [0.717, 1.165) is 31.8 Å². The molecule has 2 bridgehead atoms. The van der Waals surface area contributed by atoms with Crippen LogP contribution in [-0.4, -0.2) is 43.4 Å². The van der Waals surface area contributed by atoms with Crippen molar-refractivity contribution in [2.45, 2.75) is 63.9 Å². The molecule has 0 spiro atoms. The summed E-state index contributed by atoms with van der Waals surface area (Å²) >= 11 is 6.19. The van der Waals surface area contributed by atoms with E-state index in [0.29, 0.717) is 35.6 Å². The Morgan fingerprint density at radius 1 is 1.35 bits per heavy atom. The van der Waals surface area contributed by atoms with Gasteiger partial charge in [-0.05, 0) is 44.7 Å². The molecule has 2 N–H and O–H groups in total. The zero-order chi connectivity index (χ0) is 17.6. The molecule has 0 aromatic heterocycles. The average molecular weight is 494 g/mol. The normalized spacial score (nSPS) is 25.5. The first-order chi connectivity index (χ1) is 12.2. The summed E-state index contributed by atoms with van der Waals surface area (Å²) in [6.45, 7) is 5.58. The van der Waals surface area contributed by atoms with Gasteiger partial charge in [-0.15, -0.1) is 24.0 Å². The summed E-state index contributed by atoms with van der Waals surface area (Å²) in [5.74, 6) is 1.55. The number of nitrogens with one attached hydrogen (secondary N) is 2. The Balaban J connectivity index is 0.00000243. The van der Waals surface area contributed by atoms with Crippen molar-refractivity contribution in [2.75, 3.05) is 13.1 Å². The van der Waals surface area contributed by atoms with Gasteiger partial charge in [0.15, 0.2) is 5.96 Å². The fourth-order valence-electron chi connectivity index (χ4n) is 3.45. The van der Waals surface area contributed by atoms with Crippen LogP contribution in [0, 0.1) is 0 Å². The van der Waals surface area contributed by atoms with Crippen molar-refractivity contribution in [3.63, 3.8) is 0 Å². The number of rotatable bonds is 7. The number of nitrogens with zero attached hydrogens (tertiary/aromatic N) is 1. The van der Waals surface area contributed by atoms with Gasteiger partial charge in [0.05, 0.1) is 29.8 Å². The first-order valence-corrected chi connectivity index (χ1v) is 9.68. The highest BCUT2D eigenvalue weighted by molar-refractivity contribution is 14.0. The SMILES string of the molecule is CCNC(=NCC(CC)Oc1ccccc1Cl)NC1CC2CCC1O2.I. The third-order valence-corrected chi connectivity index (χ3v) is 5.12. The van der Waals surface area contributed by atoms with E-state index < -0.39 is 0 Å². The maximum Gasteiger partial charge on any atom is 0.191 e. The van der Waals surface area contributed by atoms with Crippen LogP contribution in [0.3, 0.4) is 0 Å². The fourth-order valence-corrected chi connectivity index (χ4v) is 3.63. The van der Waals surface area contributed by atoms with Gasteiger partial charge in [0, 0.05) is 6.54 Å². The summed E-state index contributed by atoms with van der Waals surface area (Å²) in [5, 5.41) is 7.49. The zero-order valence-electron chi connectivity index (χ0n) is 15.4. The summed E-state index contributed by atoms with van der Waals surface area (Å²) in [4.78, 5) is 4.73. The first kappa shape index (κ1) is 21.6. The number of fused-ring (bicyclic) bond motifs is 2. The predicted octanol–water partition coefficient (Wildman–Crippen LogP) is 3.99. The Bertz CT molecular complexity index is 602. The lowest BCUT2D eigenvalue weighted by Gasteiger charge is -2.23. The Labute approximate surface area is 178 Å². The molecule has 3 rings (SSSR count). The highest BCUT2D eigenvalue weighted by Crippen LogP contribution is 2.34. The standard InChI is InChI=1S/C19H28ClN3O2.HI/c1-3-13(24-17-8-6-5-7-15(17)20)12-22-19(21-4-2)23-16-11-14-9-10-18(16)25-14;/h5-8,13-14,16,18H,3-4,9-12H2,1-2H3,(H2,21,22,23);1H. The van der Waals surface area contributed by atoms with Crippen LogP contribution >= 0.6 is 35.6 Å². The lowest BCUT2D eigenvalue weighted by Crippen LogP contribution is -2.47. The van der Waals surface area contributed by atoms with Gasteiger partial charge in [-0.3, -0.25) is 0 Å². The van der Waals surface area contributed by atoms with E-state index in [4.69, 9.17) is 26.1 Å². The maximum atomic E-state index is 6.19. The molecular formula is C19H29ClIN3O2. The Morgan fingerprint density at radius 3 is 2.77 bits per heavy atom. The summed E-state index contributed by atoms with van der Waals surface area (Å²) < 4.78 is 11.9. The van der Waals surface area contributed by atoms with Gasteiger partial charge in [0.1, 0.15) is 11.9 Å². The van der Waals surface area contributed by atoms with Gasteiger partial charge in [-0.1, -0.05) is 30.7 Å². The van der Waals surface area contributed by atoms with Gasteiger partial charge in [-0.25, -0.2) is 4.99 Å². The molecule has 0 amide bonds. The minimum Gasteiger partial charge on any atom is -0.487 e. The molecule has 0 radical (unpaired) electrons. The number of aliphatic imine (C=N–C) groups is 1. The van der Waals surface area contributed by atoms with E-state index >= 15 is 0 Å². The molecule has 5 nitrogen and oxygen atoms in total. The van der Waals surface area contributed by atoms with E-state index in [2.05, 4.69) is 24.5 Å². The molecule has 2 fully saturated rings. The molecule has 4 unspecified atom stereocenters. The summed E-state index contributed by atoms with van der Waals surface area (Å²) in [5.41, 5.74) is 0. The monoisotopic (exact) mass is 493 g/mol. The Kier molecular flexibility index (Phi) is 8.76. The highest BCUT2D eigenvalue weighted by Gasteiger charge is 2.41. The number of hydrogen-bond donors (Lipinski definition) is 2. The second-order valence-electron chi connectivity index (χ2n) is 6.66. The van der Waals surface area contributed by atoms with Crippen LogP contribution in [0.1, 0.15) is 39.5 Å². The van der Waals surface area contributed by atoms with Crippen molar-refractivity contribution in [3.8, 4) is 5.75 Å². The molecule has 146 valence electrons. The van der Waals surface area contributed by atoms with E-state index in [9.17, 15) is 0 Å². The molecule has 2 aliphatic heterocycles. The van der Waals surface area contributed by atoms with Crippen molar-refractivity contribution in [2.24, 2.45) is 4.99 Å². The van der Waals surface area contributed by atoms with Crippen LogP contribution in [0.2, 0.25) is 5.02 Å². The van der Waals surface area contributed by atoms with Gasteiger partial charge in [0.2, 0.25) is 0 Å². The third kappa shape index (κ3) is 5.63. The van der Waals surface area contributed by atoms with Crippen molar-refractivity contribution in [3.05, 3.63) is 29.3 Å². The highest BCUT2D eigenvalue weighted by atomic mass is 127. The van der Waals surface area contributed by atoms with Crippen molar-refractivity contribution in [1.82, 2.24) is 10.6 Å². The topological polar surface area (TPSA) is 54.9 Å². The lowest BCUT2D eigenvalue weighted by molar-refractivity contribution is 0.0992. The quantitative estimate of drug-likeness (QED) is 0.343. The molecule has 7 heteroatoms. The Morgan fingerprint density at radius 2 is 2.15 bits per heavy atom. The summed E-state index contributed by atoms with van der Waals surface area (Å²) in [6.07, 6.45) is 5.03. The second kappa shape index (κ2) is 10.6. The molecule has 2 aliphatic rings. The smallest absolute Gasteiger partial charge is 0.191 e. The number of halogens is 2. The van der Waals surface area contributed by atoms with Crippen LogP contribution in [0.15, 0.2) is 29.3 Å². The van der Waals surface area contributed by atoms with E-state index in [1.54, 1.807) is 0 Å². The number of hydrogen-bond acceptors (Lipinski definition) is 3. The first-order valence-electron chi connectivity index (χ1n) is 9.31. The number of benzene rings is 1. The van der Waals surface area contributed by atoms with Gasteiger partial charge >= 0.3 is 0 Å². The van der Waals surface area contributed by atoms with Crippen molar-refractivity contribution in [1.29, 1.82) is 0 Å². The van der Waals surface area contributed by atoms with Crippen LogP contribution in [0.4, 0.5) is 0 Å². The maximum absolute atomic E-state index is 6.19. The third-order valence-electron chi connectivity index (χ3n) is 4.81. The van der Waals surface area contributed by atoms with Crippen LogP contribution < -0.4 is 15.4 Å². The van der Waals surface area contributed by atoms with Gasteiger partial charge < -0.3 is 20.1 Å². The number of para-hydroxylation sites is 1. The zero-order valence-corrected chi connectivity index (χ0v) is 18.5. The largest absolute Gasteiger partial charge is 0.487 e. The summed E-state index contributed by atoms with van der Waals surface area (Å²) in [7, 11) is 0. The van der Waals surface area contributed by atoms with E-state index in [1.807, 2.05) is 24.3 Å². The molecular weight excluding hydrogens is 465 g/mol. The fraction of sp³-hybridized carbons (Fsp3) is 0.632. The van der Waals surface area contributed by atoms with Crippen molar-refractivity contribution >= 4 is 41.5 Å². The minimum atomic E-state index is -0.00774. The molecule has 1 aromatic carbocycles. The van der Waals surface area contributed by atoms with Crippen molar-refractivity contribution < 1.29 is 9.47 Å². The molecule has 4 atom stereocenters. The summed E-state index contributed by atoms with van der Waals surface area (Å²) in [6, 6.07) is 7.93. The number of guanidine groups is 1. The van der Waals surface area contributed by atoms with Crippen LogP contribution in [-0.2, 0) is 4.74 Å². The molecule has 2 heterocycles. The lowest BCUT2D eigenvalue weighted by atomic mass is 9.96. The predicted molar refractivity (Wildman–Crippen MR) is 117 cm³/mol. The second-order valence-corrected chi connectivity index (χ2v) is 7.07. The molecule has 1 aromatic rings. The molecule has 26 heavy (non-hydrogen) atoms. The molecule has 0 aliphatic carbocycles. The van der Waals surface area contributed by atoms with Crippen LogP contribution in [0.5, 0.6) is 5.75 Å². The van der Waals surface area contributed by atoms with Gasteiger partial charge in [-0.2, -0.15) is 0 Å². The van der Waals surface area contributed by atoms with Gasteiger partial charge in [0.25, 0.3) is 0 Å². The van der Waals surface area contributed by atoms with Crippen LogP contribution in [0.25, 0.3) is 0 Å².